The first-order chi connectivity index (χ1) is 14.3. The third-order valence-electron chi connectivity index (χ3n) is 4.38. The molecule has 1 heterocycles. The Morgan fingerprint density at radius 1 is 1.10 bits per heavy atom. The number of urea groups is 1. The van der Waals surface area contributed by atoms with Gasteiger partial charge in [-0.05, 0) is 48.5 Å². The molecule has 30 heavy (non-hydrogen) atoms. The van der Waals surface area contributed by atoms with Crippen molar-refractivity contribution in [1.82, 2.24) is 5.09 Å². The number of rotatable bonds is 3. The van der Waals surface area contributed by atoms with Crippen molar-refractivity contribution in [2.24, 2.45) is 0 Å². The molecule has 0 saturated carbocycles. The highest BCUT2D eigenvalue weighted by Crippen LogP contribution is 2.57. The topological polar surface area (TPSA) is 76.7 Å². The molecule has 2 N–H and O–H groups in total. The molecule has 6 nitrogen and oxygen atoms in total. The van der Waals surface area contributed by atoms with E-state index in [1.54, 1.807) is 36.4 Å². The van der Waals surface area contributed by atoms with E-state index >= 15 is 0 Å². The fourth-order valence-electron chi connectivity index (χ4n) is 2.95. The molecule has 10 heteroatoms. The SMILES string of the molecule is O=C(Nc1ccc(Cl)cc1)N[P+]1([O-])Oc2ccccc2CN1c1ccc(F)c(Cl)c1. The molecule has 1 aliphatic heterocycles. The van der Waals surface area contributed by atoms with Crippen LogP contribution in [0.1, 0.15) is 5.56 Å². The number of benzene rings is 3. The van der Waals surface area contributed by atoms with E-state index in [0.29, 0.717) is 22.1 Å². The van der Waals surface area contributed by atoms with Crippen molar-refractivity contribution in [2.45, 2.75) is 6.54 Å². The molecule has 2 amide bonds. The maximum Gasteiger partial charge on any atom is 0.355 e. The summed E-state index contributed by atoms with van der Waals surface area (Å²) in [6.07, 6.45) is 0. The number of fused-ring (bicyclic) bond motifs is 1. The minimum Gasteiger partial charge on any atom is -0.610 e. The van der Waals surface area contributed by atoms with Gasteiger partial charge in [0.1, 0.15) is 5.82 Å². The summed E-state index contributed by atoms with van der Waals surface area (Å²) in [5.41, 5.74) is 1.55. The largest absolute Gasteiger partial charge is 0.610 e. The number of para-hydroxylation sites is 1. The lowest BCUT2D eigenvalue weighted by atomic mass is 10.2. The minimum atomic E-state index is -3.95. The lowest BCUT2D eigenvalue weighted by Crippen LogP contribution is -2.48. The van der Waals surface area contributed by atoms with Crippen LogP contribution in [-0.2, 0) is 6.54 Å². The van der Waals surface area contributed by atoms with E-state index < -0.39 is 19.9 Å². The number of amides is 2. The standard InChI is InChI=1S/C20H15Cl2FN3O3P/c21-14-5-7-15(8-6-14)24-20(27)25-30(28)26(16-9-10-18(23)17(22)11-16)12-13-3-1-2-4-19(13)29-30/h1-11H,12H2,(H2,24,25,27,28). The van der Waals surface area contributed by atoms with Gasteiger partial charge < -0.3 is 14.7 Å². The van der Waals surface area contributed by atoms with Crippen molar-refractivity contribution in [3.05, 3.63) is 88.2 Å². The fourth-order valence-corrected chi connectivity index (χ4v) is 5.04. The average molecular weight is 466 g/mol. The van der Waals surface area contributed by atoms with Crippen LogP contribution in [0.3, 0.4) is 0 Å². The lowest BCUT2D eigenvalue weighted by molar-refractivity contribution is -0.189. The van der Waals surface area contributed by atoms with Crippen molar-refractivity contribution in [3.63, 3.8) is 0 Å². The summed E-state index contributed by atoms with van der Waals surface area (Å²) in [6.45, 7) is 0.163. The second kappa shape index (κ2) is 8.28. The zero-order valence-electron chi connectivity index (χ0n) is 15.3. The van der Waals surface area contributed by atoms with Crippen LogP contribution in [0.5, 0.6) is 5.75 Å². The van der Waals surface area contributed by atoms with E-state index in [-0.39, 0.29) is 11.6 Å². The lowest BCUT2D eigenvalue weighted by Gasteiger charge is -2.41. The zero-order chi connectivity index (χ0) is 21.3. The van der Waals surface area contributed by atoms with E-state index in [4.69, 9.17) is 27.7 Å². The highest BCUT2D eigenvalue weighted by atomic mass is 35.5. The van der Waals surface area contributed by atoms with Gasteiger partial charge in [0.15, 0.2) is 5.75 Å². The van der Waals surface area contributed by atoms with Crippen molar-refractivity contribution in [2.75, 3.05) is 9.99 Å². The van der Waals surface area contributed by atoms with Gasteiger partial charge in [-0.25, -0.2) is 9.18 Å². The summed E-state index contributed by atoms with van der Waals surface area (Å²) < 4.78 is 20.7. The van der Waals surface area contributed by atoms with Gasteiger partial charge in [0.2, 0.25) is 0 Å². The first-order valence-electron chi connectivity index (χ1n) is 8.79. The molecule has 3 aromatic rings. The molecule has 0 radical (unpaired) electrons. The van der Waals surface area contributed by atoms with E-state index in [1.807, 2.05) is 12.1 Å². The Bertz CT molecular complexity index is 1100. The maximum atomic E-state index is 13.8. The third-order valence-corrected chi connectivity index (χ3v) is 6.86. The van der Waals surface area contributed by atoms with E-state index in [2.05, 4.69) is 10.4 Å². The highest BCUT2D eigenvalue weighted by molar-refractivity contribution is 7.65. The molecule has 1 unspecified atom stereocenters. The number of halogens is 3. The Balaban J connectivity index is 1.64. The summed E-state index contributed by atoms with van der Waals surface area (Å²) in [7, 11) is -3.95. The molecule has 3 aromatic carbocycles. The van der Waals surface area contributed by atoms with Crippen molar-refractivity contribution >= 4 is 48.6 Å². The maximum absolute atomic E-state index is 13.8. The summed E-state index contributed by atoms with van der Waals surface area (Å²) in [5, 5.41) is 5.38. The summed E-state index contributed by atoms with van der Waals surface area (Å²) >= 11 is 11.8. The molecule has 0 aliphatic carbocycles. The fraction of sp³-hybridized carbons (Fsp3) is 0.0500. The van der Waals surface area contributed by atoms with Gasteiger partial charge in [-0.15, -0.1) is 0 Å². The molecule has 0 saturated heterocycles. The number of carbonyl (C=O) groups excluding carboxylic acids is 1. The highest BCUT2D eigenvalue weighted by Gasteiger charge is 2.45. The number of nitrogens with one attached hydrogen (secondary N) is 2. The molecule has 0 fully saturated rings. The molecule has 1 aliphatic rings. The summed E-state index contributed by atoms with van der Waals surface area (Å²) in [6, 6.07) is 16.6. The van der Waals surface area contributed by atoms with Crippen LogP contribution >= 0.6 is 31.2 Å². The number of anilines is 2. The van der Waals surface area contributed by atoms with Gasteiger partial charge in [-0.3, -0.25) is 0 Å². The number of hydrogen-bond acceptors (Lipinski definition) is 4. The molecular formula is C20H15Cl2FN3O3P. The van der Waals surface area contributed by atoms with Crippen molar-refractivity contribution < 1.29 is 18.6 Å². The molecular weight excluding hydrogens is 451 g/mol. The van der Waals surface area contributed by atoms with Crippen LogP contribution in [0.2, 0.25) is 10.0 Å². The predicted molar refractivity (Wildman–Crippen MR) is 115 cm³/mol. The molecule has 4 rings (SSSR count). The van der Waals surface area contributed by atoms with Crippen LogP contribution in [0, 0.1) is 5.82 Å². The molecule has 0 bridgehead atoms. The van der Waals surface area contributed by atoms with Crippen LogP contribution < -0.4 is 24.5 Å². The first kappa shape index (κ1) is 20.7. The van der Waals surface area contributed by atoms with E-state index in [0.717, 1.165) is 11.6 Å². The normalized spacial score (nSPS) is 17.7. The number of carbonyl (C=O) groups is 1. The molecule has 0 spiro atoms. The average Bonchev–Trinajstić information content (AvgIpc) is 2.71. The van der Waals surface area contributed by atoms with Crippen LogP contribution in [0.15, 0.2) is 66.7 Å². The first-order valence-corrected chi connectivity index (χ1v) is 11.1. The monoisotopic (exact) mass is 465 g/mol. The van der Waals surface area contributed by atoms with Crippen molar-refractivity contribution in [3.8, 4) is 5.75 Å². The predicted octanol–water partition coefficient (Wildman–Crippen LogP) is 5.39. The van der Waals surface area contributed by atoms with Gasteiger partial charge in [-0.1, -0.05) is 41.4 Å². The molecule has 1 atom stereocenters. The minimum absolute atomic E-state index is 0.136. The number of hydrogen-bond donors (Lipinski definition) is 2. The molecule has 0 aromatic heterocycles. The van der Waals surface area contributed by atoms with Gasteiger partial charge in [0.25, 0.3) is 0 Å². The summed E-state index contributed by atoms with van der Waals surface area (Å²) in [5.74, 6) is -0.223. The Kier molecular flexibility index (Phi) is 5.71. The Morgan fingerprint density at radius 3 is 2.57 bits per heavy atom. The Morgan fingerprint density at radius 2 is 1.83 bits per heavy atom. The molecule has 154 valence electrons. The van der Waals surface area contributed by atoms with E-state index in [1.165, 1.54) is 16.8 Å². The van der Waals surface area contributed by atoms with Gasteiger partial charge in [-0.2, -0.15) is 9.76 Å². The smallest absolute Gasteiger partial charge is 0.355 e. The van der Waals surface area contributed by atoms with Crippen LogP contribution in [-0.4, -0.2) is 6.03 Å². The zero-order valence-corrected chi connectivity index (χ0v) is 17.7. The quantitative estimate of drug-likeness (QED) is 0.508. The second-order valence-corrected chi connectivity index (χ2v) is 9.22. The van der Waals surface area contributed by atoms with Crippen molar-refractivity contribution in [1.29, 1.82) is 0 Å². The van der Waals surface area contributed by atoms with Gasteiger partial charge in [0, 0.05) is 16.3 Å². The number of nitrogens with zero attached hydrogens (tertiary/aromatic N) is 1. The second-order valence-electron chi connectivity index (χ2n) is 6.45. The van der Waals surface area contributed by atoms with E-state index in [9.17, 15) is 14.1 Å². The van der Waals surface area contributed by atoms with Gasteiger partial charge >= 0.3 is 14.0 Å². The van der Waals surface area contributed by atoms with Crippen LogP contribution in [0.4, 0.5) is 20.6 Å². The van der Waals surface area contributed by atoms with Crippen LogP contribution in [0.25, 0.3) is 0 Å². The Hall–Kier alpha value is -2.57. The Labute approximate surface area is 182 Å². The van der Waals surface area contributed by atoms with Gasteiger partial charge in [0.05, 0.1) is 17.3 Å². The third kappa shape index (κ3) is 4.30. The summed E-state index contributed by atoms with van der Waals surface area (Å²) in [4.78, 5) is 26.3.